The third kappa shape index (κ3) is 3.36. The lowest BCUT2D eigenvalue weighted by atomic mass is 10.1. The second kappa shape index (κ2) is 6.82. The minimum Gasteiger partial charge on any atom is -0.346 e. The standard InChI is InChI=1S/C19H14BrN3OS/c20-14-6-7-17-22-15(12-23(17)11-14)10-21-19(24)18-16(8-9-25-18)13-4-2-1-3-5-13/h1-9,11-12H,10H2,(H,21,24). The van der Waals surface area contributed by atoms with E-state index in [2.05, 4.69) is 26.2 Å². The first-order chi connectivity index (χ1) is 12.2. The van der Waals surface area contributed by atoms with E-state index in [0.29, 0.717) is 6.54 Å². The molecule has 0 radical (unpaired) electrons. The maximum Gasteiger partial charge on any atom is 0.262 e. The number of nitrogens with one attached hydrogen (secondary N) is 1. The first kappa shape index (κ1) is 16.1. The van der Waals surface area contributed by atoms with Gasteiger partial charge in [-0.25, -0.2) is 4.98 Å². The molecule has 0 unspecified atom stereocenters. The molecule has 0 aliphatic heterocycles. The molecule has 0 bridgehead atoms. The van der Waals surface area contributed by atoms with Crippen molar-refractivity contribution in [1.82, 2.24) is 14.7 Å². The number of amides is 1. The normalized spacial score (nSPS) is 10.9. The molecule has 4 rings (SSSR count). The molecule has 124 valence electrons. The number of benzene rings is 1. The fourth-order valence-electron chi connectivity index (χ4n) is 2.68. The van der Waals surface area contributed by atoms with E-state index in [4.69, 9.17) is 0 Å². The Morgan fingerprint density at radius 3 is 2.80 bits per heavy atom. The molecule has 25 heavy (non-hydrogen) atoms. The van der Waals surface area contributed by atoms with Gasteiger partial charge in [0, 0.05) is 22.4 Å². The smallest absolute Gasteiger partial charge is 0.262 e. The van der Waals surface area contributed by atoms with E-state index in [1.807, 2.05) is 70.7 Å². The molecule has 0 saturated carbocycles. The summed E-state index contributed by atoms with van der Waals surface area (Å²) in [5.74, 6) is -0.0768. The summed E-state index contributed by atoms with van der Waals surface area (Å²) in [7, 11) is 0. The topological polar surface area (TPSA) is 46.4 Å². The Hall–Kier alpha value is -2.44. The predicted octanol–water partition coefficient (Wildman–Crippen LogP) is 4.76. The van der Waals surface area contributed by atoms with Crippen LogP contribution in [0.25, 0.3) is 16.8 Å². The highest BCUT2D eigenvalue weighted by molar-refractivity contribution is 9.10. The number of thiophene rings is 1. The molecule has 0 saturated heterocycles. The van der Waals surface area contributed by atoms with E-state index in [0.717, 1.165) is 31.8 Å². The molecule has 1 amide bonds. The molecule has 0 fully saturated rings. The second-order valence-electron chi connectivity index (χ2n) is 5.56. The van der Waals surface area contributed by atoms with E-state index >= 15 is 0 Å². The van der Waals surface area contributed by atoms with Crippen LogP contribution in [0.1, 0.15) is 15.4 Å². The van der Waals surface area contributed by atoms with Crippen LogP contribution in [0.15, 0.2) is 70.8 Å². The third-order valence-corrected chi connectivity index (χ3v) is 5.23. The number of aromatic nitrogens is 2. The Balaban J connectivity index is 1.52. The van der Waals surface area contributed by atoms with E-state index in [1.54, 1.807) is 0 Å². The SMILES string of the molecule is O=C(NCc1cn2cc(Br)ccc2n1)c1sccc1-c1ccccc1. The molecular weight excluding hydrogens is 398 g/mol. The summed E-state index contributed by atoms with van der Waals surface area (Å²) in [5, 5.41) is 4.92. The number of carbonyl (C=O) groups excluding carboxylic acids is 1. The number of hydrogen-bond donors (Lipinski definition) is 1. The minimum atomic E-state index is -0.0768. The summed E-state index contributed by atoms with van der Waals surface area (Å²) in [5.41, 5.74) is 3.69. The number of rotatable bonds is 4. The second-order valence-corrected chi connectivity index (χ2v) is 7.39. The number of hydrogen-bond acceptors (Lipinski definition) is 3. The maximum absolute atomic E-state index is 12.6. The molecule has 0 atom stereocenters. The number of halogens is 1. The van der Waals surface area contributed by atoms with Crippen molar-refractivity contribution in [3.05, 3.63) is 81.3 Å². The van der Waals surface area contributed by atoms with E-state index < -0.39 is 0 Å². The summed E-state index contributed by atoms with van der Waals surface area (Å²) in [6, 6.07) is 15.8. The number of nitrogens with zero attached hydrogens (tertiary/aromatic N) is 2. The number of pyridine rings is 1. The Morgan fingerprint density at radius 1 is 1.12 bits per heavy atom. The van der Waals surface area contributed by atoms with Gasteiger partial charge in [0.1, 0.15) is 5.65 Å². The molecule has 4 aromatic rings. The highest BCUT2D eigenvalue weighted by Crippen LogP contribution is 2.28. The van der Waals surface area contributed by atoms with Crippen molar-refractivity contribution in [2.75, 3.05) is 0 Å². The van der Waals surface area contributed by atoms with Crippen LogP contribution in [0.4, 0.5) is 0 Å². The van der Waals surface area contributed by atoms with E-state index in [1.165, 1.54) is 11.3 Å². The average molecular weight is 412 g/mol. The molecule has 0 aliphatic rings. The molecule has 1 aromatic carbocycles. The van der Waals surface area contributed by atoms with Gasteiger partial charge in [0.15, 0.2) is 0 Å². The number of fused-ring (bicyclic) bond motifs is 1. The van der Waals surface area contributed by atoms with E-state index in [-0.39, 0.29) is 5.91 Å². The van der Waals surface area contributed by atoms with Gasteiger partial charge in [0.2, 0.25) is 0 Å². The molecule has 6 heteroatoms. The van der Waals surface area contributed by atoms with E-state index in [9.17, 15) is 4.79 Å². The summed E-state index contributed by atoms with van der Waals surface area (Å²) in [4.78, 5) is 17.8. The Kier molecular flexibility index (Phi) is 4.38. The number of carbonyl (C=O) groups is 1. The summed E-state index contributed by atoms with van der Waals surface area (Å²) < 4.78 is 2.92. The van der Waals surface area contributed by atoms with Gasteiger partial charge in [-0.3, -0.25) is 4.79 Å². The quantitative estimate of drug-likeness (QED) is 0.526. The Bertz CT molecular complexity index is 1040. The summed E-state index contributed by atoms with van der Waals surface area (Å²) in [6.07, 6.45) is 3.87. The lowest BCUT2D eigenvalue weighted by Gasteiger charge is -2.05. The number of imidazole rings is 1. The van der Waals surface area contributed by atoms with Gasteiger partial charge in [-0.1, -0.05) is 30.3 Å². The van der Waals surface area contributed by atoms with Gasteiger partial charge >= 0.3 is 0 Å². The molecule has 4 nitrogen and oxygen atoms in total. The summed E-state index contributed by atoms with van der Waals surface area (Å²) in [6.45, 7) is 0.393. The zero-order valence-electron chi connectivity index (χ0n) is 13.1. The van der Waals surface area contributed by atoms with Crippen molar-refractivity contribution in [3.8, 4) is 11.1 Å². The van der Waals surface area contributed by atoms with Crippen LogP contribution in [-0.2, 0) is 6.54 Å². The van der Waals surface area contributed by atoms with Crippen LogP contribution in [0.5, 0.6) is 0 Å². The van der Waals surface area contributed by atoms with Gasteiger partial charge in [-0.2, -0.15) is 0 Å². The van der Waals surface area contributed by atoms with Gasteiger partial charge in [0.25, 0.3) is 5.91 Å². The highest BCUT2D eigenvalue weighted by Gasteiger charge is 2.14. The zero-order valence-corrected chi connectivity index (χ0v) is 15.5. The monoisotopic (exact) mass is 411 g/mol. The lowest BCUT2D eigenvalue weighted by Crippen LogP contribution is -2.22. The Morgan fingerprint density at radius 2 is 1.96 bits per heavy atom. The zero-order chi connectivity index (χ0) is 17.2. The molecule has 0 aliphatic carbocycles. The molecule has 3 heterocycles. The van der Waals surface area contributed by atoms with Crippen molar-refractivity contribution in [2.24, 2.45) is 0 Å². The van der Waals surface area contributed by atoms with Crippen LogP contribution in [0, 0.1) is 0 Å². The van der Waals surface area contributed by atoms with Gasteiger partial charge < -0.3 is 9.72 Å². The fraction of sp³-hybridized carbons (Fsp3) is 0.0526. The third-order valence-electron chi connectivity index (χ3n) is 3.85. The first-order valence-corrected chi connectivity index (χ1v) is 9.42. The molecule has 0 spiro atoms. The first-order valence-electron chi connectivity index (χ1n) is 7.75. The van der Waals surface area contributed by atoms with Gasteiger partial charge in [-0.05, 0) is 45.1 Å². The highest BCUT2D eigenvalue weighted by atomic mass is 79.9. The molecule has 1 N–H and O–H groups in total. The largest absolute Gasteiger partial charge is 0.346 e. The van der Waals surface area contributed by atoms with Gasteiger partial charge in [-0.15, -0.1) is 11.3 Å². The van der Waals surface area contributed by atoms with Crippen LogP contribution >= 0.6 is 27.3 Å². The van der Waals surface area contributed by atoms with Crippen molar-refractivity contribution >= 4 is 38.8 Å². The van der Waals surface area contributed by atoms with Crippen molar-refractivity contribution < 1.29 is 4.79 Å². The molecule has 3 aromatic heterocycles. The lowest BCUT2D eigenvalue weighted by molar-refractivity contribution is 0.0955. The van der Waals surface area contributed by atoms with Crippen LogP contribution in [0.2, 0.25) is 0 Å². The Labute approximate surface area is 157 Å². The molecular formula is C19H14BrN3OS. The average Bonchev–Trinajstić information content (AvgIpc) is 3.26. The summed E-state index contributed by atoms with van der Waals surface area (Å²) >= 11 is 4.89. The van der Waals surface area contributed by atoms with Gasteiger partial charge in [0.05, 0.1) is 17.1 Å². The van der Waals surface area contributed by atoms with Crippen LogP contribution < -0.4 is 5.32 Å². The fourth-order valence-corrected chi connectivity index (χ4v) is 3.87. The van der Waals surface area contributed by atoms with Crippen LogP contribution in [-0.4, -0.2) is 15.3 Å². The maximum atomic E-state index is 12.6. The van der Waals surface area contributed by atoms with Crippen molar-refractivity contribution in [1.29, 1.82) is 0 Å². The minimum absolute atomic E-state index is 0.0768. The predicted molar refractivity (Wildman–Crippen MR) is 104 cm³/mol. The van der Waals surface area contributed by atoms with Crippen molar-refractivity contribution in [2.45, 2.75) is 6.54 Å². The van der Waals surface area contributed by atoms with Crippen LogP contribution in [0.3, 0.4) is 0 Å². The van der Waals surface area contributed by atoms with Crippen molar-refractivity contribution in [3.63, 3.8) is 0 Å².